The number of carbonyl (C=O) groups excluding carboxylic acids is 1. The van der Waals surface area contributed by atoms with Crippen LogP contribution in [0, 0.1) is 0 Å². The lowest BCUT2D eigenvalue weighted by Gasteiger charge is -2.21. The number of rotatable bonds is 7. The minimum absolute atomic E-state index is 0.256. The van der Waals surface area contributed by atoms with E-state index in [-0.39, 0.29) is 19.0 Å². The lowest BCUT2D eigenvalue weighted by Crippen LogP contribution is -2.36. The summed E-state index contributed by atoms with van der Waals surface area (Å²) < 4.78 is 10.5. The van der Waals surface area contributed by atoms with Crippen LogP contribution in [-0.4, -0.2) is 60.0 Å². The molecule has 7 nitrogen and oxygen atoms in total. The number of β-amino-alcohol motifs (C(OH)–C–C–N with tert-alkyl or cyclic N) is 1. The molecule has 0 aromatic heterocycles. The molecule has 2 rings (SSSR count). The Labute approximate surface area is 139 Å². The van der Waals surface area contributed by atoms with Crippen LogP contribution < -0.4 is 15.2 Å². The maximum absolute atomic E-state index is 10.8. The van der Waals surface area contributed by atoms with Crippen LogP contribution in [0.2, 0.25) is 5.02 Å². The highest BCUT2D eigenvalue weighted by atomic mass is 35.5. The number of carbonyl (C=O) groups is 1. The Kier molecular flexibility index (Phi) is 5.69. The summed E-state index contributed by atoms with van der Waals surface area (Å²) in [6.45, 7) is 1.08. The number of halogens is 1. The summed E-state index contributed by atoms with van der Waals surface area (Å²) in [6, 6.07) is 3.48. The number of aliphatic hydroxyl groups is 2. The lowest BCUT2D eigenvalue weighted by atomic mass is 10.1. The summed E-state index contributed by atoms with van der Waals surface area (Å²) >= 11 is 6.20. The highest BCUT2D eigenvalue weighted by molar-refractivity contribution is 6.32. The molecule has 0 radical (unpaired) electrons. The van der Waals surface area contributed by atoms with E-state index in [2.05, 4.69) is 0 Å². The molecule has 1 aliphatic heterocycles. The molecule has 1 atom stereocenters. The molecule has 1 aliphatic rings. The number of primary amides is 1. The molecule has 1 fully saturated rings. The number of methoxy groups -OCH3 is 1. The van der Waals surface area contributed by atoms with Gasteiger partial charge in [-0.3, -0.25) is 9.69 Å². The molecule has 4 N–H and O–H groups in total. The zero-order chi connectivity index (χ0) is 17.0. The van der Waals surface area contributed by atoms with Crippen molar-refractivity contribution >= 4 is 17.5 Å². The second-order valence-electron chi connectivity index (χ2n) is 5.71. The Morgan fingerprint density at radius 1 is 1.52 bits per heavy atom. The van der Waals surface area contributed by atoms with Gasteiger partial charge in [-0.05, 0) is 24.1 Å². The van der Waals surface area contributed by atoms with E-state index in [1.54, 1.807) is 12.1 Å². The molecular weight excluding hydrogens is 324 g/mol. The summed E-state index contributed by atoms with van der Waals surface area (Å²) in [5, 5.41) is 19.6. The first-order chi connectivity index (χ1) is 10.9. The number of nitrogens with zero attached hydrogens (tertiary/aromatic N) is 1. The summed E-state index contributed by atoms with van der Waals surface area (Å²) in [5.41, 5.74) is 4.89. The number of benzene rings is 1. The molecule has 23 heavy (non-hydrogen) atoms. The smallest absolute Gasteiger partial charge is 0.255 e. The van der Waals surface area contributed by atoms with Gasteiger partial charge in [0.2, 0.25) is 0 Å². The Balaban J connectivity index is 2.12. The molecule has 1 amide bonds. The number of nitrogens with two attached hydrogens (primary N) is 1. The van der Waals surface area contributed by atoms with E-state index in [0.29, 0.717) is 36.8 Å². The Morgan fingerprint density at radius 2 is 2.26 bits per heavy atom. The molecule has 1 aromatic carbocycles. The molecule has 0 spiro atoms. The van der Waals surface area contributed by atoms with E-state index in [9.17, 15) is 15.0 Å². The van der Waals surface area contributed by atoms with Gasteiger partial charge >= 0.3 is 0 Å². The van der Waals surface area contributed by atoms with Crippen LogP contribution in [0.15, 0.2) is 12.1 Å². The predicted octanol–water partition coefficient (Wildman–Crippen LogP) is 0.142. The van der Waals surface area contributed by atoms with E-state index in [1.807, 2.05) is 4.90 Å². The summed E-state index contributed by atoms with van der Waals surface area (Å²) in [6.07, 6.45) is 0.522. The van der Waals surface area contributed by atoms with Crippen molar-refractivity contribution in [2.24, 2.45) is 5.73 Å². The van der Waals surface area contributed by atoms with E-state index >= 15 is 0 Å². The molecular formula is C15H21ClN2O5. The number of ether oxygens (including phenoxy) is 2. The molecule has 0 aliphatic carbocycles. The van der Waals surface area contributed by atoms with Crippen molar-refractivity contribution in [1.29, 1.82) is 0 Å². The van der Waals surface area contributed by atoms with Crippen LogP contribution in [0.5, 0.6) is 11.5 Å². The predicted molar refractivity (Wildman–Crippen MR) is 84.6 cm³/mol. The Hall–Kier alpha value is -1.54. The highest BCUT2D eigenvalue weighted by Crippen LogP contribution is 2.37. The first-order valence-electron chi connectivity index (χ1n) is 7.20. The van der Waals surface area contributed by atoms with Crippen LogP contribution >= 0.6 is 11.6 Å². The Morgan fingerprint density at radius 3 is 2.83 bits per heavy atom. The van der Waals surface area contributed by atoms with Gasteiger partial charge in [-0.25, -0.2) is 0 Å². The zero-order valence-corrected chi connectivity index (χ0v) is 13.7. The third kappa shape index (κ3) is 4.48. The fourth-order valence-corrected chi connectivity index (χ4v) is 2.90. The van der Waals surface area contributed by atoms with Crippen molar-refractivity contribution < 1.29 is 24.5 Å². The average molecular weight is 345 g/mol. The molecule has 1 aromatic rings. The second kappa shape index (κ2) is 7.35. The molecule has 0 saturated carbocycles. The minimum atomic E-state index is -1.04. The van der Waals surface area contributed by atoms with E-state index < -0.39 is 11.5 Å². The quantitative estimate of drug-likeness (QED) is 0.650. The minimum Gasteiger partial charge on any atom is -0.493 e. The fraction of sp³-hybridized carbons (Fsp3) is 0.533. The number of amides is 1. The largest absolute Gasteiger partial charge is 0.493 e. The van der Waals surface area contributed by atoms with Crippen molar-refractivity contribution in [3.63, 3.8) is 0 Å². The highest BCUT2D eigenvalue weighted by Gasteiger charge is 2.35. The van der Waals surface area contributed by atoms with Gasteiger partial charge in [-0.2, -0.15) is 0 Å². The van der Waals surface area contributed by atoms with Crippen LogP contribution in [0.1, 0.15) is 12.0 Å². The van der Waals surface area contributed by atoms with Gasteiger partial charge < -0.3 is 25.4 Å². The van der Waals surface area contributed by atoms with E-state index in [4.69, 9.17) is 26.8 Å². The van der Waals surface area contributed by atoms with Gasteiger partial charge in [0.1, 0.15) is 5.60 Å². The molecule has 8 heteroatoms. The third-order valence-corrected chi connectivity index (χ3v) is 4.04. The molecule has 128 valence electrons. The molecule has 1 saturated heterocycles. The summed E-state index contributed by atoms with van der Waals surface area (Å²) in [7, 11) is 1.48. The van der Waals surface area contributed by atoms with Gasteiger partial charge in [-0.15, -0.1) is 0 Å². The first kappa shape index (κ1) is 17.8. The van der Waals surface area contributed by atoms with Crippen molar-refractivity contribution in [3.05, 3.63) is 22.7 Å². The molecule has 0 bridgehead atoms. The zero-order valence-electron chi connectivity index (χ0n) is 12.9. The normalized spacial score (nSPS) is 21.4. The van der Waals surface area contributed by atoms with Crippen molar-refractivity contribution in [1.82, 2.24) is 4.90 Å². The first-order valence-corrected chi connectivity index (χ1v) is 7.58. The Bertz CT molecular complexity index is 583. The second-order valence-corrected chi connectivity index (χ2v) is 6.11. The van der Waals surface area contributed by atoms with Crippen LogP contribution in [0.25, 0.3) is 0 Å². The standard InChI is InChI=1S/C15H21ClN2O5/c1-22-12-5-10(4-11(16)14(12)23-7-13(17)20)6-18-3-2-15(21,8-18)9-19/h4-5,19,21H,2-3,6-9H2,1H3,(H2,17,20). The van der Waals surface area contributed by atoms with Crippen molar-refractivity contribution in [2.45, 2.75) is 18.6 Å². The maximum Gasteiger partial charge on any atom is 0.255 e. The third-order valence-electron chi connectivity index (χ3n) is 3.76. The van der Waals surface area contributed by atoms with E-state index in [0.717, 1.165) is 5.56 Å². The summed E-state index contributed by atoms with van der Waals surface area (Å²) in [4.78, 5) is 12.9. The van der Waals surface area contributed by atoms with Crippen LogP contribution in [0.4, 0.5) is 0 Å². The SMILES string of the molecule is COc1cc(CN2CCC(O)(CO)C2)cc(Cl)c1OCC(N)=O. The number of likely N-dealkylation sites (tertiary alicyclic amines) is 1. The fourth-order valence-electron chi connectivity index (χ4n) is 2.61. The van der Waals surface area contributed by atoms with Crippen LogP contribution in [-0.2, 0) is 11.3 Å². The monoisotopic (exact) mass is 344 g/mol. The topological polar surface area (TPSA) is 105 Å². The molecule has 1 heterocycles. The number of hydrogen-bond acceptors (Lipinski definition) is 6. The summed E-state index contributed by atoms with van der Waals surface area (Å²) in [5.74, 6) is 0.0721. The molecule has 1 unspecified atom stereocenters. The number of hydrogen-bond donors (Lipinski definition) is 3. The van der Waals surface area contributed by atoms with Gasteiger partial charge in [-0.1, -0.05) is 11.6 Å². The average Bonchev–Trinajstić information content (AvgIpc) is 2.87. The van der Waals surface area contributed by atoms with Gasteiger partial charge in [0.05, 0.1) is 18.7 Å². The van der Waals surface area contributed by atoms with Gasteiger partial charge in [0.25, 0.3) is 5.91 Å². The van der Waals surface area contributed by atoms with Crippen molar-refractivity contribution in [2.75, 3.05) is 33.4 Å². The lowest BCUT2D eigenvalue weighted by molar-refractivity contribution is -0.119. The van der Waals surface area contributed by atoms with Crippen molar-refractivity contribution in [3.8, 4) is 11.5 Å². The maximum atomic E-state index is 10.8. The van der Waals surface area contributed by atoms with Gasteiger partial charge in [0, 0.05) is 19.6 Å². The number of aliphatic hydroxyl groups excluding tert-OH is 1. The van der Waals surface area contributed by atoms with E-state index in [1.165, 1.54) is 7.11 Å². The van der Waals surface area contributed by atoms with Gasteiger partial charge in [0.15, 0.2) is 18.1 Å². The van der Waals surface area contributed by atoms with Crippen LogP contribution in [0.3, 0.4) is 0 Å².